The first kappa shape index (κ1) is 17.8. The molecule has 0 spiro atoms. The fraction of sp³-hybridized carbons (Fsp3) is 0.167. The van der Waals surface area contributed by atoms with Crippen LogP contribution in [0.4, 0.5) is 11.5 Å². The maximum absolute atomic E-state index is 12.6. The van der Waals surface area contributed by atoms with Gasteiger partial charge in [-0.05, 0) is 17.6 Å². The van der Waals surface area contributed by atoms with E-state index in [4.69, 9.17) is 17.3 Å². The molecule has 0 fully saturated rings. The summed E-state index contributed by atoms with van der Waals surface area (Å²) in [6.45, 7) is 0. The van der Waals surface area contributed by atoms with Crippen LogP contribution in [0.15, 0.2) is 58.1 Å². The summed E-state index contributed by atoms with van der Waals surface area (Å²) in [6.07, 6.45) is 5.44. The van der Waals surface area contributed by atoms with Gasteiger partial charge in [0.25, 0.3) is 5.56 Å². The number of alkyl halides is 1. The maximum atomic E-state index is 12.6. The quantitative estimate of drug-likeness (QED) is 0.711. The van der Waals surface area contributed by atoms with Gasteiger partial charge in [0.2, 0.25) is 5.91 Å². The van der Waals surface area contributed by atoms with Crippen LogP contribution in [-0.2, 0) is 11.8 Å². The van der Waals surface area contributed by atoms with Gasteiger partial charge in [-0.15, -0.1) is 11.6 Å². The molecule has 1 atom stereocenters. The van der Waals surface area contributed by atoms with Crippen molar-refractivity contribution < 1.29 is 4.79 Å². The molecule has 0 aliphatic heterocycles. The van der Waals surface area contributed by atoms with Crippen LogP contribution in [0.2, 0.25) is 0 Å². The van der Waals surface area contributed by atoms with Crippen molar-refractivity contribution in [3.05, 3.63) is 75.0 Å². The fourth-order valence-electron chi connectivity index (χ4n) is 2.60. The average Bonchev–Trinajstić information content (AvgIpc) is 2.64. The Balaban J connectivity index is 1.83. The normalized spacial score (nSPS) is 19.1. The van der Waals surface area contributed by atoms with Gasteiger partial charge in [-0.1, -0.05) is 48.6 Å². The van der Waals surface area contributed by atoms with Gasteiger partial charge < -0.3 is 11.1 Å². The zero-order valence-corrected chi connectivity index (χ0v) is 14.7. The smallest absolute Gasteiger partial charge is 0.329 e. The molecule has 0 radical (unpaired) electrons. The molecule has 26 heavy (non-hydrogen) atoms. The third-order valence-electron chi connectivity index (χ3n) is 4.20. The Morgan fingerprint density at radius 3 is 2.62 bits per heavy atom. The van der Waals surface area contributed by atoms with E-state index in [1.807, 2.05) is 36.4 Å². The molecule has 4 N–H and O–H groups in total. The number of carbonyl (C=O) groups is 1. The monoisotopic (exact) mass is 372 g/mol. The van der Waals surface area contributed by atoms with Gasteiger partial charge >= 0.3 is 5.69 Å². The predicted molar refractivity (Wildman–Crippen MR) is 102 cm³/mol. The lowest BCUT2D eigenvalue weighted by Gasteiger charge is -2.24. The van der Waals surface area contributed by atoms with Crippen molar-refractivity contribution in [2.75, 3.05) is 11.1 Å². The molecular formula is C18H17ClN4O3. The number of aromatic amines is 1. The van der Waals surface area contributed by atoms with Gasteiger partial charge in [0.05, 0.1) is 0 Å². The van der Waals surface area contributed by atoms with Gasteiger partial charge in [-0.2, -0.15) is 0 Å². The summed E-state index contributed by atoms with van der Waals surface area (Å²) in [4.78, 5) is 37.2. The molecule has 3 rings (SSSR count). The third-order valence-corrected chi connectivity index (χ3v) is 4.66. The number of hydrogen-bond donors (Lipinski definition) is 3. The minimum Gasteiger partial charge on any atom is -0.383 e. The molecule has 7 nitrogen and oxygen atoms in total. The van der Waals surface area contributed by atoms with Gasteiger partial charge in [-0.3, -0.25) is 19.1 Å². The number of nitrogens with zero attached hydrogens (tertiary/aromatic N) is 1. The van der Waals surface area contributed by atoms with Crippen LogP contribution >= 0.6 is 11.6 Å². The van der Waals surface area contributed by atoms with E-state index < -0.39 is 22.0 Å². The molecule has 134 valence electrons. The van der Waals surface area contributed by atoms with E-state index in [0.29, 0.717) is 0 Å². The number of carbonyl (C=O) groups excluding carboxylic acids is 1. The van der Waals surface area contributed by atoms with E-state index in [0.717, 1.165) is 15.7 Å². The van der Waals surface area contributed by atoms with Gasteiger partial charge in [0.1, 0.15) is 16.4 Å². The molecule has 1 aliphatic rings. The Labute approximate surface area is 153 Å². The molecule has 0 saturated carbocycles. The largest absolute Gasteiger partial charge is 0.383 e. The number of H-pyrrole nitrogens is 1. The zero-order valence-electron chi connectivity index (χ0n) is 14.0. The highest BCUT2D eigenvalue weighted by Crippen LogP contribution is 2.32. The topological polar surface area (TPSA) is 110 Å². The van der Waals surface area contributed by atoms with E-state index in [9.17, 15) is 14.4 Å². The molecule has 1 unspecified atom stereocenters. The number of nitrogens with two attached hydrogens (primary N) is 1. The fourth-order valence-corrected chi connectivity index (χ4v) is 2.79. The summed E-state index contributed by atoms with van der Waals surface area (Å²) in [5, 5.41) is 2.43. The lowest BCUT2D eigenvalue weighted by Crippen LogP contribution is -2.41. The van der Waals surface area contributed by atoms with Crippen LogP contribution in [0.1, 0.15) is 12.0 Å². The van der Waals surface area contributed by atoms with E-state index in [1.165, 1.54) is 7.05 Å². The van der Waals surface area contributed by atoms with Crippen molar-refractivity contribution >= 4 is 34.6 Å². The summed E-state index contributed by atoms with van der Waals surface area (Å²) >= 11 is 6.44. The van der Waals surface area contributed by atoms with Crippen LogP contribution < -0.4 is 22.3 Å². The summed E-state index contributed by atoms with van der Waals surface area (Å²) < 4.78 is 0.816. The Kier molecular flexibility index (Phi) is 4.56. The molecule has 1 aliphatic carbocycles. The number of hydrogen-bond acceptors (Lipinski definition) is 4. The highest BCUT2D eigenvalue weighted by Gasteiger charge is 2.35. The molecule has 1 aromatic carbocycles. The van der Waals surface area contributed by atoms with Crippen molar-refractivity contribution in [3.63, 3.8) is 0 Å². The van der Waals surface area contributed by atoms with Crippen molar-refractivity contribution in [2.45, 2.75) is 11.3 Å². The van der Waals surface area contributed by atoms with Crippen LogP contribution in [0.5, 0.6) is 0 Å². The van der Waals surface area contributed by atoms with Crippen LogP contribution in [-0.4, -0.2) is 20.3 Å². The van der Waals surface area contributed by atoms with Crippen LogP contribution in [0.3, 0.4) is 0 Å². The molecule has 8 heteroatoms. The Hall–Kier alpha value is -3.06. The molecule has 1 heterocycles. The highest BCUT2D eigenvalue weighted by molar-refractivity contribution is 6.38. The lowest BCUT2D eigenvalue weighted by molar-refractivity contribution is -0.117. The van der Waals surface area contributed by atoms with Gasteiger partial charge in [-0.25, -0.2) is 4.79 Å². The summed E-state index contributed by atoms with van der Waals surface area (Å²) in [5.41, 5.74) is 6.04. The number of anilines is 2. The molecule has 1 amide bonds. The third kappa shape index (κ3) is 3.21. The van der Waals surface area contributed by atoms with E-state index in [-0.39, 0.29) is 17.9 Å². The number of aromatic nitrogens is 2. The molecule has 0 saturated heterocycles. The first-order valence-electron chi connectivity index (χ1n) is 7.86. The second kappa shape index (κ2) is 6.68. The number of halogens is 1. The first-order chi connectivity index (χ1) is 12.3. The summed E-state index contributed by atoms with van der Waals surface area (Å²) in [5.74, 6) is -0.818. The second-order valence-electron chi connectivity index (χ2n) is 5.96. The Bertz CT molecular complexity index is 1040. The minimum atomic E-state index is -1.36. The molecular weight excluding hydrogens is 356 g/mol. The van der Waals surface area contributed by atoms with Gasteiger partial charge in [0.15, 0.2) is 0 Å². The SMILES string of the molecule is Cn1c(=O)[nH]c(N)c(NC(=O)C2(Cl)C=CC(c3ccccc3)=CC2)c1=O. The molecule has 2 aromatic rings. The van der Waals surface area contributed by atoms with Crippen LogP contribution in [0.25, 0.3) is 5.57 Å². The predicted octanol–water partition coefficient (Wildman–Crippen LogP) is 1.62. The Morgan fingerprint density at radius 1 is 1.31 bits per heavy atom. The molecule has 1 aromatic heterocycles. The highest BCUT2D eigenvalue weighted by atomic mass is 35.5. The number of allylic oxidation sites excluding steroid dienone is 3. The second-order valence-corrected chi connectivity index (χ2v) is 6.64. The van der Waals surface area contributed by atoms with E-state index in [1.54, 1.807) is 12.2 Å². The van der Waals surface area contributed by atoms with Gasteiger partial charge in [0, 0.05) is 7.05 Å². The number of benzene rings is 1. The number of amides is 1. The molecule has 0 bridgehead atoms. The number of nitrogen functional groups attached to an aromatic ring is 1. The van der Waals surface area contributed by atoms with Crippen molar-refractivity contribution in [1.29, 1.82) is 0 Å². The van der Waals surface area contributed by atoms with E-state index in [2.05, 4.69) is 10.3 Å². The zero-order chi connectivity index (χ0) is 18.9. The summed E-state index contributed by atoms with van der Waals surface area (Å²) in [7, 11) is 1.28. The van der Waals surface area contributed by atoms with Crippen molar-refractivity contribution in [3.8, 4) is 0 Å². The first-order valence-corrected chi connectivity index (χ1v) is 8.23. The number of nitrogens with one attached hydrogen (secondary N) is 2. The van der Waals surface area contributed by atoms with E-state index >= 15 is 0 Å². The summed E-state index contributed by atoms with van der Waals surface area (Å²) in [6, 6.07) is 9.69. The lowest BCUT2D eigenvalue weighted by atomic mass is 9.91. The van der Waals surface area contributed by atoms with Crippen molar-refractivity contribution in [1.82, 2.24) is 9.55 Å². The standard InChI is InChI=1S/C18H17ClN4O3/c1-23-15(24)13(14(20)22-17(23)26)21-16(25)18(19)9-7-12(8-10-18)11-5-3-2-4-6-11/h2-9H,10,20H2,1H3,(H,21,25)(H,22,26). The number of rotatable bonds is 3. The average molecular weight is 373 g/mol. The Morgan fingerprint density at radius 2 is 2.00 bits per heavy atom. The minimum absolute atomic E-state index is 0.205. The van der Waals surface area contributed by atoms with Crippen LogP contribution in [0, 0.1) is 0 Å². The maximum Gasteiger partial charge on any atom is 0.329 e. The van der Waals surface area contributed by atoms with Crippen molar-refractivity contribution in [2.24, 2.45) is 7.05 Å².